The van der Waals surface area contributed by atoms with E-state index in [1.54, 1.807) is 222 Å². The molecule has 0 bridgehead atoms. The lowest BCUT2D eigenvalue weighted by Crippen LogP contribution is -2.20. The fourth-order valence-corrected chi connectivity index (χ4v) is 11.1. The van der Waals surface area contributed by atoms with Crippen molar-refractivity contribution in [3.05, 3.63) is 283 Å². The first-order chi connectivity index (χ1) is 43.6. The zero-order valence-corrected chi connectivity index (χ0v) is 52.5. The standard InChI is InChI=1S/4C14H8O2.C14H28O2.C3H8O2.C2H6O.C2H6/c4*15-13-9-5-1-2-6-10(9)14(16)12-8-4-3-7-11(12)13;1-3-4-5-6-13-7-9-14(10-8-13)11-12(2)16-15;1-3(2)5-4;1-3-2;1-2/h4*1-8H;12-15H,3-11H2,1-2H3;3-4H,1-2H3;1-2H3;1-2H3. The van der Waals surface area contributed by atoms with Crippen LogP contribution in [0.5, 0.6) is 0 Å². The summed E-state index contributed by atoms with van der Waals surface area (Å²) < 4.78 is 4.25. The second-order valence-electron chi connectivity index (χ2n) is 22.1. The molecular weight excluding hydrogens is 1130 g/mol. The van der Waals surface area contributed by atoms with Crippen molar-refractivity contribution < 1.29 is 63.4 Å². The number of carbonyl (C=O) groups is 8. The molecule has 8 aromatic carbocycles. The highest BCUT2D eigenvalue weighted by Crippen LogP contribution is 2.35. The number of ether oxygens (including phenoxy) is 1. The minimum absolute atomic E-state index is 0.0154. The Bertz CT molecular complexity index is 2920. The lowest BCUT2D eigenvalue weighted by molar-refractivity contribution is -0.277. The van der Waals surface area contributed by atoms with Crippen LogP contribution in [0.15, 0.2) is 194 Å². The molecule has 13 heteroatoms. The molecule has 0 radical (unpaired) electrons. The maximum absolute atomic E-state index is 12.1. The highest BCUT2D eigenvalue weighted by atomic mass is 17.1. The van der Waals surface area contributed by atoms with Gasteiger partial charge >= 0.3 is 0 Å². The van der Waals surface area contributed by atoms with Crippen molar-refractivity contribution in [3.8, 4) is 0 Å². The maximum atomic E-state index is 12.1. The second kappa shape index (κ2) is 35.2. The normalized spacial score (nSPS) is 15.2. The van der Waals surface area contributed by atoms with Crippen molar-refractivity contribution in [3.63, 3.8) is 0 Å². The van der Waals surface area contributed by atoms with Crippen LogP contribution in [0.2, 0.25) is 0 Å². The molecular formula is C77H80O13. The van der Waals surface area contributed by atoms with E-state index in [1.165, 1.54) is 51.4 Å². The van der Waals surface area contributed by atoms with Gasteiger partial charge < -0.3 is 4.74 Å². The van der Waals surface area contributed by atoms with Gasteiger partial charge in [0, 0.05) is 103 Å². The smallest absolute Gasteiger partial charge is 0.194 e. The number of unbranched alkanes of at least 4 members (excludes halogenated alkanes) is 2. The van der Waals surface area contributed by atoms with Gasteiger partial charge in [-0.2, -0.15) is 0 Å². The van der Waals surface area contributed by atoms with E-state index in [-0.39, 0.29) is 58.5 Å². The molecule has 0 amide bonds. The fraction of sp³-hybridized carbons (Fsp3) is 0.273. The number of fused-ring (bicyclic) bond motifs is 8. The van der Waals surface area contributed by atoms with Gasteiger partial charge in [-0.15, -0.1) is 0 Å². The van der Waals surface area contributed by atoms with Crippen LogP contribution in [-0.4, -0.2) is 83.2 Å². The molecule has 90 heavy (non-hydrogen) atoms. The van der Waals surface area contributed by atoms with Gasteiger partial charge in [0.1, 0.15) is 0 Å². The van der Waals surface area contributed by atoms with E-state index in [4.69, 9.17) is 10.5 Å². The minimum Gasteiger partial charge on any atom is -0.388 e. The molecule has 1 saturated carbocycles. The first-order valence-corrected chi connectivity index (χ1v) is 30.7. The van der Waals surface area contributed by atoms with Crippen molar-refractivity contribution in [2.75, 3.05) is 14.2 Å². The van der Waals surface area contributed by atoms with Gasteiger partial charge in [0.15, 0.2) is 46.3 Å². The quantitative estimate of drug-likeness (QED) is 0.0826. The summed E-state index contributed by atoms with van der Waals surface area (Å²) in [5.74, 6) is 1.25. The topological polar surface area (TPSA) is 205 Å². The van der Waals surface area contributed by atoms with Crippen LogP contribution in [0.3, 0.4) is 0 Å². The first-order valence-electron chi connectivity index (χ1n) is 30.7. The number of rotatable bonds is 8. The van der Waals surface area contributed by atoms with Crippen molar-refractivity contribution >= 4 is 46.3 Å². The second-order valence-corrected chi connectivity index (χ2v) is 22.1. The molecule has 13 rings (SSSR count). The summed E-state index contributed by atoms with van der Waals surface area (Å²) in [7, 11) is 3.25. The predicted octanol–water partition coefficient (Wildman–Crippen LogP) is 16.7. The zero-order chi connectivity index (χ0) is 65.3. The Morgan fingerprint density at radius 1 is 0.333 bits per heavy atom. The molecule has 1 atom stereocenters. The van der Waals surface area contributed by atoms with Crippen LogP contribution >= 0.6 is 0 Å². The molecule has 0 saturated heterocycles. The van der Waals surface area contributed by atoms with Crippen LogP contribution in [-0.2, 0) is 14.5 Å². The third kappa shape index (κ3) is 17.4. The largest absolute Gasteiger partial charge is 0.388 e. The molecule has 8 aromatic rings. The molecule has 0 spiro atoms. The van der Waals surface area contributed by atoms with Gasteiger partial charge in [0.25, 0.3) is 0 Å². The Morgan fingerprint density at radius 3 is 0.644 bits per heavy atom. The molecule has 1 unspecified atom stereocenters. The molecule has 1 fully saturated rings. The van der Waals surface area contributed by atoms with E-state index < -0.39 is 0 Å². The summed E-state index contributed by atoms with van der Waals surface area (Å²) in [5.41, 5.74) is 8.09. The van der Waals surface area contributed by atoms with E-state index in [9.17, 15) is 38.4 Å². The lowest BCUT2D eigenvalue weighted by Gasteiger charge is -2.29. The average molecular weight is 1210 g/mol. The number of ketones is 8. The lowest BCUT2D eigenvalue weighted by atomic mass is 9.78. The Balaban J connectivity index is 0.000000172. The van der Waals surface area contributed by atoms with Crippen molar-refractivity contribution in [2.24, 2.45) is 11.8 Å². The summed E-state index contributed by atoms with van der Waals surface area (Å²) >= 11 is 0. The van der Waals surface area contributed by atoms with E-state index >= 15 is 0 Å². The summed E-state index contributed by atoms with van der Waals surface area (Å²) in [4.78, 5) is 105. The summed E-state index contributed by atoms with van der Waals surface area (Å²) in [6.07, 6.45) is 12.0. The summed E-state index contributed by atoms with van der Waals surface area (Å²) in [5, 5.41) is 16.2. The van der Waals surface area contributed by atoms with Crippen molar-refractivity contribution in [2.45, 2.75) is 112 Å². The highest BCUT2D eigenvalue weighted by Gasteiger charge is 2.32. The highest BCUT2D eigenvalue weighted by molar-refractivity contribution is 6.31. The number of carbonyl (C=O) groups excluding carboxylic acids is 8. The van der Waals surface area contributed by atoms with Gasteiger partial charge in [0.05, 0.1) is 12.2 Å². The third-order valence-electron chi connectivity index (χ3n) is 15.6. The number of hydrogen-bond acceptors (Lipinski definition) is 13. The van der Waals surface area contributed by atoms with Crippen LogP contribution in [0.4, 0.5) is 0 Å². The van der Waals surface area contributed by atoms with E-state index in [0.29, 0.717) is 89.0 Å². The number of benzene rings is 8. The molecule has 13 nitrogen and oxygen atoms in total. The van der Waals surface area contributed by atoms with E-state index in [2.05, 4.69) is 21.4 Å². The average Bonchev–Trinajstić information content (AvgIpc) is 0.857. The third-order valence-corrected chi connectivity index (χ3v) is 15.6. The van der Waals surface area contributed by atoms with Crippen LogP contribution in [0, 0.1) is 11.8 Å². The SMILES string of the molecule is CC.CC(C)OO.CCCCCC1CCC(CC(C)OO)CC1.COC.O=C1c2ccccc2C(=O)c2ccccc21.O=C1c2ccccc2C(=O)c2ccccc21.O=C1c2ccccc2C(=O)c2ccccc21.O=C1c2ccccc2C(=O)c2ccccc21. The van der Waals surface area contributed by atoms with Crippen LogP contribution in [0.25, 0.3) is 0 Å². The van der Waals surface area contributed by atoms with Gasteiger partial charge in [-0.05, 0) is 39.0 Å². The number of hydrogen-bond donors (Lipinski definition) is 2. The van der Waals surface area contributed by atoms with Gasteiger partial charge in [-0.1, -0.05) is 266 Å². The summed E-state index contributed by atoms with van der Waals surface area (Å²) in [6.45, 7) is 11.7. The van der Waals surface area contributed by atoms with Gasteiger partial charge in [-0.25, -0.2) is 9.78 Å². The number of methoxy groups -OCH3 is 1. The predicted molar refractivity (Wildman–Crippen MR) is 350 cm³/mol. The van der Waals surface area contributed by atoms with E-state index in [0.717, 1.165) is 18.3 Å². The fourth-order valence-electron chi connectivity index (χ4n) is 11.1. The van der Waals surface area contributed by atoms with E-state index in [1.807, 2.05) is 20.8 Å². The van der Waals surface area contributed by atoms with Crippen molar-refractivity contribution in [1.82, 2.24) is 0 Å². The maximum Gasteiger partial charge on any atom is 0.194 e. The van der Waals surface area contributed by atoms with Gasteiger partial charge in [-0.3, -0.25) is 48.9 Å². The monoisotopic (exact) mass is 1210 g/mol. The Hall–Kier alpha value is -9.08. The zero-order valence-electron chi connectivity index (χ0n) is 52.5. The molecule has 2 N–H and O–H groups in total. The molecule has 5 aliphatic rings. The molecule has 466 valence electrons. The van der Waals surface area contributed by atoms with Crippen LogP contribution in [0.1, 0.15) is 227 Å². The van der Waals surface area contributed by atoms with Crippen molar-refractivity contribution in [1.29, 1.82) is 0 Å². The Labute approximate surface area is 528 Å². The Kier molecular flexibility index (Phi) is 27.4. The molecule has 0 aromatic heterocycles. The minimum atomic E-state index is -0.0641. The molecule has 0 aliphatic heterocycles. The molecule has 5 aliphatic carbocycles. The Morgan fingerprint density at radius 2 is 0.500 bits per heavy atom. The van der Waals surface area contributed by atoms with Gasteiger partial charge in [0.2, 0.25) is 0 Å². The first kappa shape index (κ1) is 70.0. The molecule has 0 heterocycles. The van der Waals surface area contributed by atoms with Crippen LogP contribution < -0.4 is 0 Å². The summed E-state index contributed by atoms with van der Waals surface area (Å²) in [6, 6.07) is 55.6.